The van der Waals surface area contributed by atoms with Gasteiger partial charge in [-0.05, 0) is 6.07 Å². The highest BCUT2D eigenvalue weighted by Crippen LogP contribution is 2.24. The molecular weight excluding hydrogens is 242 g/mol. The molecule has 0 aliphatic carbocycles. The molecule has 0 spiro atoms. The minimum absolute atomic E-state index is 0.00539. The van der Waals surface area contributed by atoms with Crippen molar-refractivity contribution in [3.63, 3.8) is 0 Å². The maximum atomic E-state index is 11.8. The van der Waals surface area contributed by atoms with E-state index in [0.29, 0.717) is 25.4 Å². The van der Waals surface area contributed by atoms with Gasteiger partial charge in [0.1, 0.15) is 0 Å². The van der Waals surface area contributed by atoms with Crippen molar-refractivity contribution in [1.29, 1.82) is 0 Å². The fourth-order valence-corrected chi connectivity index (χ4v) is 2.32. The zero-order valence-corrected chi connectivity index (χ0v) is 10.5. The lowest BCUT2D eigenvalue weighted by Crippen LogP contribution is -2.29. The summed E-state index contributed by atoms with van der Waals surface area (Å²) in [7, 11) is 1.66. The first-order valence-electron chi connectivity index (χ1n) is 5.62. The third-order valence-corrected chi connectivity index (χ3v) is 3.25. The van der Waals surface area contributed by atoms with E-state index in [9.17, 15) is 4.79 Å². The maximum absolute atomic E-state index is 11.8. The number of rotatable bonds is 4. The van der Waals surface area contributed by atoms with Gasteiger partial charge < -0.3 is 9.64 Å². The van der Waals surface area contributed by atoms with Crippen LogP contribution in [0.25, 0.3) is 0 Å². The molecule has 2 rings (SSSR count). The number of aromatic nitrogens is 2. The number of hydrogen-bond donors (Lipinski definition) is 0. The molecule has 0 aromatic carbocycles. The third-order valence-electron chi connectivity index (χ3n) is 3.07. The number of hydrogen-bond acceptors (Lipinski definition) is 3. The van der Waals surface area contributed by atoms with Gasteiger partial charge in [0.2, 0.25) is 5.91 Å². The zero-order valence-electron chi connectivity index (χ0n) is 9.75. The summed E-state index contributed by atoms with van der Waals surface area (Å²) in [4.78, 5) is 13.6. The summed E-state index contributed by atoms with van der Waals surface area (Å²) in [6, 6.07) is 1.96. The lowest BCUT2D eigenvalue weighted by Gasteiger charge is -2.16. The number of ether oxygens (including phenoxy) is 1. The minimum atomic E-state index is -0.00539. The van der Waals surface area contributed by atoms with Gasteiger partial charge in [-0.25, -0.2) is 0 Å². The van der Waals surface area contributed by atoms with Crippen LogP contribution in [0.2, 0.25) is 0 Å². The van der Waals surface area contributed by atoms with E-state index in [4.69, 9.17) is 16.3 Å². The van der Waals surface area contributed by atoms with Gasteiger partial charge in [0, 0.05) is 44.9 Å². The topological polar surface area (TPSA) is 47.4 Å². The Balaban J connectivity index is 2.06. The number of likely N-dealkylation sites (tertiary alicyclic amines) is 1. The molecule has 0 bridgehead atoms. The molecule has 1 amide bonds. The molecule has 1 aromatic heterocycles. The summed E-state index contributed by atoms with van der Waals surface area (Å²) < 4.78 is 7.27. The molecule has 1 saturated heterocycles. The Kier molecular flexibility index (Phi) is 4.02. The van der Waals surface area contributed by atoms with Gasteiger partial charge in [-0.2, -0.15) is 5.10 Å². The Morgan fingerprint density at radius 3 is 3.00 bits per heavy atom. The molecule has 94 valence electrons. The van der Waals surface area contributed by atoms with Crippen LogP contribution in [0.3, 0.4) is 0 Å². The molecule has 0 N–H and O–H groups in total. The predicted molar refractivity (Wildman–Crippen MR) is 64.0 cm³/mol. The number of alkyl halides is 1. The molecule has 0 radical (unpaired) electrons. The van der Waals surface area contributed by atoms with Crippen LogP contribution in [0, 0.1) is 0 Å². The Hall–Kier alpha value is -1.07. The van der Waals surface area contributed by atoms with Crippen LogP contribution < -0.4 is 0 Å². The minimum Gasteiger partial charge on any atom is -0.377 e. The number of methoxy groups -OCH3 is 1. The Morgan fingerprint density at radius 1 is 1.59 bits per heavy atom. The number of carbonyl (C=O) groups is 1. The van der Waals surface area contributed by atoms with Gasteiger partial charge in [-0.3, -0.25) is 9.48 Å². The number of halogens is 1. The van der Waals surface area contributed by atoms with Gasteiger partial charge in [0.15, 0.2) is 0 Å². The molecule has 1 aromatic rings. The smallest absolute Gasteiger partial charge is 0.223 e. The molecule has 1 aliphatic heterocycles. The molecule has 0 saturated carbocycles. The Morgan fingerprint density at radius 2 is 2.41 bits per heavy atom. The van der Waals surface area contributed by atoms with Crippen molar-refractivity contribution in [3.8, 4) is 0 Å². The summed E-state index contributed by atoms with van der Waals surface area (Å²) in [5.41, 5.74) is 0. The van der Waals surface area contributed by atoms with E-state index in [1.165, 1.54) is 0 Å². The summed E-state index contributed by atoms with van der Waals surface area (Å²) in [6.07, 6.45) is 4.00. The van der Waals surface area contributed by atoms with E-state index in [1.54, 1.807) is 18.2 Å². The molecule has 5 nitrogen and oxygen atoms in total. The van der Waals surface area contributed by atoms with Crippen LogP contribution in [-0.2, 0) is 9.53 Å². The van der Waals surface area contributed by atoms with E-state index in [0.717, 1.165) is 0 Å². The van der Waals surface area contributed by atoms with Crippen molar-refractivity contribution in [2.45, 2.75) is 18.6 Å². The average Bonchev–Trinajstić information content (AvgIpc) is 2.97. The Bertz CT molecular complexity index is 369. The molecule has 1 aliphatic rings. The van der Waals surface area contributed by atoms with Gasteiger partial charge in [0.05, 0.1) is 12.1 Å². The van der Waals surface area contributed by atoms with E-state index in [-0.39, 0.29) is 18.1 Å². The second-order valence-electron chi connectivity index (χ2n) is 4.07. The molecule has 2 heterocycles. The molecule has 6 heteroatoms. The largest absolute Gasteiger partial charge is 0.377 e. The summed E-state index contributed by atoms with van der Waals surface area (Å²) in [6.45, 7) is 1.24. The SMILES string of the molecule is CO[C@H]1CN(C(=O)CCCl)C[C@H]1n1cccn1. The molecular formula is C11H16ClN3O2. The standard InChI is InChI=1S/C11H16ClN3O2/c1-17-10-8-14(11(16)3-4-12)7-9(10)15-6-2-5-13-15/h2,5-6,9-10H,3-4,7-8H2,1H3/t9-,10+/m1/s1. The second-order valence-corrected chi connectivity index (χ2v) is 4.44. The zero-order chi connectivity index (χ0) is 12.3. The van der Waals surface area contributed by atoms with Crippen LogP contribution in [0.1, 0.15) is 12.5 Å². The van der Waals surface area contributed by atoms with Crippen LogP contribution in [0.4, 0.5) is 0 Å². The normalized spacial score (nSPS) is 24.2. The maximum Gasteiger partial charge on any atom is 0.223 e. The highest BCUT2D eigenvalue weighted by Gasteiger charge is 2.36. The van der Waals surface area contributed by atoms with Crippen molar-refractivity contribution in [2.24, 2.45) is 0 Å². The highest BCUT2D eigenvalue weighted by molar-refractivity contribution is 6.18. The molecule has 2 atom stereocenters. The highest BCUT2D eigenvalue weighted by atomic mass is 35.5. The van der Waals surface area contributed by atoms with E-state index < -0.39 is 0 Å². The van der Waals surface area contributed by atoms with Gasteiger partial charge in [-0.15, -0.1) is 11.6 Å². The summed E-state index contributed by atoms with van der Waals surface area (Å²) in [5, 5.41) is 4.21. The first-order chi connectivity index (χ1) is 8.26. The number of amides is 1. The fourth-order valence-electron chi connectivity index (χ4n) is 2.16. The fraction of sp³-hybridized carbons (Fsp3) is 0.636. The third kappa shape index (κ3) is 2.61. The second kappa shape index (κ2) is 5.51. The number of carbonyl (C=O) groups excluding carboxylic acids is 1. The van der Waals surface area contributed by atoms with Crippen molar-refractivity contribution in [1.82, 2.24) is 14.7 Å². The number of nitrogens with zero attached hydrogens (tertiary/aromatic N) is 3. The van der Waals surface area contributed by atoms with Crippen molar-refractivity contribution in [2.75, 3.05) is 26.1 Å². The van der Waals surface area contributed by atoms with Crippen LogP contribution in [0.15, 0.2) is 18.5 Å². The van der Waals surface area contributed by atoms with Crippen molar-refractivity contribution in [3.05, 3.63) is 18.5 Å². The lowest BCUT2D eigenvalue weighted by atomic mass is 10.2. The first-order valence-corrected chi connectivity index (χ1v) is 6.15. The van der Waals surface area contributed by atoms with Gasteiger partial charge in [0.25, 0.3) is 0 Å². The monoisotopic (exact) mass is 257 g/mol. The quantitative estimate of drug-likeness (QED) is 0.754. The van der Waals surface area contributed by atoms with E-state index in [2.05, 4.69) is 5.10 Å². The van der Waals surface area contributed by atoms with Gasteiger partial charge >= 0.3 is 0 Å². The average molecular weight is 258 g/mol. The van der Waals surface area contributed by atoms with Crippen LogP contribution >= 0.6 is 11.6 Å². The van der Waals surface area contributed by atoms with Crippen LogP contribution in [-0.4, -0.2) is 52.8 Å². The molecule has 1 fully saturated rings. The molecule has 17 heavy (non-hydrogen) atoms. The van der Waals surface area contributed by atoms with E-state index >= 15 is 0 Å². The van der Waals surface area contributed by atoms with Gasteiger partial charge in [-0.1, -0.05) is 0 Å². The lowest BCUT2D eigenvalue weighted by molar-refractivity contribution is -0.130. The van der Waals surface area contributed by atoms with Crippen molar-refractivity contribution >= 4 is 17.5 Å². The Labute approximate surface area is 105 Å². The summed E-state index contributed by atoms with van der Waals surface area (Å²) in [5.74, 6) is 0.441. The van der Waals surface area contributed by atoms with E-state index in [1.807, 2.05) is 16.9 Å². The van der Waals surface area contributed by atoms with Crippen LogP contribution in [0.5, 0.6) is 0 Å². The first kappa shape index (κ1) is 12.4. The predicted octanol–water partition coefficient (Wildman–Crippen LogP) is 0.910. The molecule has 0 unspecified atom stereocenters. The van der Waals surface area contributed by atoms with Crippen molar-refractivity contribution < 1.29 is 9.53 Å². The summed E-state index contributed by atoms with van der Waals surface area (Å²) >= 11 is 5.58.